The zero-order chi connectivity index (χ0) is 15.8. The molecular weight excluding hydrogens is 292 g/mol. The molecule has 0 aromatic heterocycles. The summed E-state index contributed by atoms with van der Waals surface area (Å²) in [5, 5.41) is 9.69. The van der Waals surface area contributed by atoms with Gasteiger partial charge in [0.15, 0.2) is 0 Å². The van der Waals surface area contributed by atoms with Crippen LogP contribution in [0.25, 0.3) is 0 Å². The van der Waals surface area contributed by atoms with Crippen molar-refractivity contribution in [3.05, 3.63) is 0 Å². The number of unbranched alkanes of at least 4 members (excludes halogenated alkanes) is 1. The first-order valence-corrected chi connectivity index (χ1v) is 8.93. The highest BCUT2D eigenvalue weighted by molar-refractivity contribution is 7.99. The zero-order valence-corrected chi connectivity index (χ0v) is 14.2. The molecule has 126 valence electrons. The molecule has 21 heavy (non-hydrogen) atoms. The lowest BCUT2D eigenvalue weighted by molar-refractivity contribution is -0.143. The maximum atomic E-state index is 11.3. The minimum absolute atomic E-state index is 0.158. The third-order valence-electron chi connectivity index (χ3n) is 2.55. The largest absolute Gasteiger partial charge is 0.466 e. The molecule has 0 fully saturated rings. The number of esters is 1. The van der Waals surface area contributed by atoms with Gasteiger partial charge in [-0.1, -0.05) is 20.3 Å². The van der Waals surface area contributed by atoms with Gasteiger partial charge in [0.25, 0.3) is 0 Å². The Morgan fingerprint density at radius 2 is 1.86 bits per heavy atom. The smallest absolute Gasteiger partial charge is 0.306 e. The summed E-state index contributed by atoms with van der Waals surface area (Å²) in [5.74, 6) is 1.08. The van der Waals surface area contributed by atoms with Gasteiger partial charge >= 0.3 is 5.97 Å². The Hall–Kier alpha value is -0.300. The van der Waals surface area contributed by atoms with E-state index in [2.05, 4.69) is 13.8 Å². The fourth-order valence-corrected chi connectivity index (χ4v) is 2.26. The molecule has 5 nitrogen and oxygen atoms in total. The Morgan fingerprint density at radius 1 is 1.10 bits per heavy atom. The molecule has 1 unspecified atom stereocenters. The first-order chi connectivity index (χ1) is 10.2. The molecule has 0 saturated carbocycles. The number of rotatable bonds is 15. The van der Waals surface area contributed by atoms with Gasteiger partial charge in [-0.25, -0.2) is 0 Å². The molecule has 0 amide bonds. The van der Waals surface area contributed by atoms with E-state index in [0.29, 0.717) is 44.4 Å². The van der Waals surface area contributed by atoms with Crippen molar-refractivity contribution < 1.29 is 24.1 Å². The first kappa shape index (κ1) is 20.7. The predicted molar refractivity (Wildman–Crippen MR) is 85.7 cm³/mol. The molecule has 0 aliphatic rings. The summed E-state index contributed by atoms with van der Waals surface area (Å²) in [4.78, 5) is 11.3. The van der Waals surface area contributed by atoms with Crippen molar-refractivity contribution in [3.63, 3.8) is 0 Å². The molecule has 0 radical (unpaired) electrons. The van der Waals surface area contributed by atoms with Gasteiger partial charge in [0.2, 0.25) is 0 Å². The van der Waals surface area contributed by atoms with Crippen molar-refractivity contribution in [2.45, 2.75) is 45.6 Å². The van der Waals surface area contributed by atoms with E-state index in [4.69, 9.17) is 14.2 Å². The third kappa shape index (κ3) is 15.9. The van der Waals surface area contributed by atoms with E-state index in [0.717, 1.165) is 25.9 Å². The van der Waals surface area contributed by atoms with Crippen LogP contribution in [0, 0.1) is 0 Å². The lowest BCUT2D eigenvalue weighted by atomic mass is 10.4. The third-order valence-corrected chi connectivity index (χ3v) is 3.67. The van der Waals surface area contributed by atoms with E-state index in [1.807, 2.05) is 0 Å². The van der Waals surface area contributed by atoms with E-state index >= 15 is 0 Å². The van der Waals surface area contributed by atoms with E-state index in [-0.39, 0.29) is 5.97 Å². The van der Waals surface area contributed by atoms with Gasteiger partial charge in [0.1, 0.15) is 0 Å². The maximum absolute atomic E-state index is 11.3. The molecule has 0 saturated heterocycles. The minimum Gasteiger partial charge on any atom is -0.466 e. The zero-order valence-electron chi connectivity index (χ0n) is 13.3. The molecule has 0 bridgehead atoms. The van der Waals surface area contributed by atoms with Crippen LogP contribution in [-0.2, 0) is 19.0 Å². The molecule has 0 heterocycles. The lowest BCUT2D eigenvalue weighted by Gasteiger charge is -2.11. The number of hydrogen-bond donors (Lipinski definition) is 1. The summed E-state index contributed by atoms with van der Waals surface area (Å²) in [6.45, 7) is 6.75. The Bertz CT molecular complexity index is 238. The van der Waals surface area contributed by atoms with Crippen molar-refractivity contribution in [2.24, 2.45) is 0 Å². The van der Waals surface area contributed by atoms with E-state index in [1.54, 1.807) is 0 Å². The summed E-state index contributed by atoms with van der Waals surface area (Å²) in [6.07, 6.45) is 2.83. The highest BCUT2D eigenvalue weighted by atomic mass is 32.2. The molecule has 6 heteroatoms. The van der Waals surface area contributed by atoms with Crippen LogP contribution in [0.4, 0.5) is 0 Å². The van der Waals surface area contributed by atoms with Crippen LogP contribution < -0.4 is 0 Å². The van der Waals surface area contributed by atoms with Crippen LogP contribution >= 0.6 is 11.8 Å². The average molecular weight is 322 g/mol. The topological polar surface area (TPSA) is 65.0 Å². The monoisotopic (exact) mass is 322 g/mol. The van der Waals surface area contributed by atoms with Gasteiger partial charge in [-0.15, -0.1) is 0 Å². The number of carbonyl (C=O) groups excluding carboxylic acids is 1. The Kier molecular flexibility index (Phi) is 15.8. The van der Waals surface area contributed by atoms with Crippen LogP contribution in [0.15, 0.2) is 0 Å². The van der Waals surface area contributed by atoms with Gasteiger partial charge in [0.05, 0.1) is 39.0 Å². The minimum atomic E-state index is -0.503. The van der Waals surface area contributed by atoms with Crippen LogP contribution in [0.1, 0.15) is 39.5 Å². The van der Waals surface area contributed by atoms with Crippen LogP contribution in [0.2, 0.25) is 0 Å². The predicted octanol–water partition coefficient (Wildman–Crippen LogP) is 2.26. The fraction of sp³-hybridized carbons (Fsp3) is 0.933. The fourth-order valence-electron chi connectivity index (χ4n) is 1.41. The van der Waals surface area contributed by atoms with Gasteiger partial charge < -0.3 is 19.3 Å². The van der Waals surface area contributed by atoms with Crippen LogP contribution in [0.3, 0.4) is 0 Å². The SMILES string of the molecule is CCCCOC(=O)CCSCC(O)COCCOCCC. The second-order valence-electron chi connectivity index (χ2n) is 4.74. The summed E-state index contributed by atoms with van der Waals surface area (Å²) in [5.41, 5.74) is 0. The molecule has 0 aliphatic carbocycles. The second kappa shape index (κ2) is 16.1. The highest BCUT2D eigenvalue weighted by Crippen LogP contribution is 2.06. The molecular formula is C15H30O5S. The number of thioether (sulfide) groups is 1. The molecule has 0 aromatic rings. The second-order valence-corrected chi connectivity index (χ2v) is 5.89. The van der Waals surface area contributed by atoms with E-state index in [9.17, 15) is 9.90 Å². The first-order valence-electron chi connectivity index (χ1n) is 7.77. The van der Waals surface area contributed by atoms with E-state index in [1.165, 1.54) is 11.8 Å². The van der Waals surface area contributed by atoms with Gasteiger partial charge in [-0.05, 0) is 12.8 Å². The number of hydrogen-bond acceptors (Lipinski definition) is 6. The van der Waals surface area contributed by atoms with Crippen molar-refractivity contribution in [1.82, 2.24) is 0 Å². The normalized spacial score (nSPS) is 12.3. The summed E-state index contributed by atoms with van der Waals surface area (Å²) in [7, 11) is 0. The van der Waals surface area contributed by atoms with Crippen molar-refractivity contribution in [2.75, 3.05) is 44.5 Å². The summed E-state index contributed by atoms with van der Waals surface area (Å²) < 4.78 is 15.6. The molecule has 0 rings (SSSR count). The number of aliphatic hydroxyl groups is 1. The summed E-state index contributed by atoms with van der Waals surface area (Å²) >= 11 is 1.54. The highest BCUT2D eigenvalue weighted by Gasteiger charge is 2.07. The van der Waals surface area contributed by atoms with Gasteiger partial charge in [-0.3, -0.25) is 4.79 Å². The van der Waals surface area contributed by atoms with E-state index < -0.39 is 6.10 Å². The number of carbonyl (C=O) groups is 1. The lowest BCUT2D eigenvalue weighted by Crippen LogP contribution is -2.20. The van der Waals surface area contributed by atoms with Crippen molar-refractivity contribution >= 4 is 17.7 Å². The van der Waals surface area contributed by atoms with Crippen molar-refractivity contribution in [1.29, 1.82) is 0 Å². The molecule has 0 spiro atoms. The average Bonchev–Trinajstić information content (AvgIpc) is 2.47. The Balaban J connectivity index is 3.29. The standard InChI is InChI=1S/C15H30O5S/c1-3-5-8-20-15(17)6-11-21-13-14(16)12-19-10-9-18-7-4-2/h14,16H,3-13H2,1-2H3. The Labute approximate surface area is 132 Å². The Morgan fingerprint density at radius 3 is 2.57 bits per heavy atom. The molecule has 0 aromatic carbocycles. The van der Waals surface area contributed by atoms with Gasteiger partial charge in [-0.2, -0.15) is 11.8 Å². The van der Waals surface area contributed by atoms with Crippen LogP contribution in [0.5, 0.6) is 0 Å². The quantitative estimate of drug-likeness (QED) is 0.368. The van der Waals surface area contributed by atoms with Crippen LogP contribution in [-0.4, -0.2) is 61.7 Å². The molecule has 0 aliphatic heterocycles. The molecule has 1 N–H and O–H groups in total. The maximum Gasteiger partial charge on any atom is 0.306 e. The number of aliphatic hydroxyl groups excluding tert-OH is 1. The number of ether oxygens (including phenoxy) is 3. The molecule has 1 atom stereocenters. The summed E-state index contributed by atoms with van der Waals surface area (Å²) in [6, 6.07) is 0. The van der Waals surface area contributed by atoms with Crippen molar-refractivity contribution in [3.8, 4) is 0 Å². The van der Waals surface area contributed by atoms with Gasteiger partial charge in [0, 0.05) is 18.1 Å².